The van der Waals surface area contributed by atoms with Crippen molar-refractivity contribution >= 4 is 5.91 Å². The topological polar surface area (TPSA) is 20.3 Å². The molecule has 2 unspecified atom stereocenters. The number of hydrogen-bond acceptors (Lipinski definition) is 1. The predicted octanol–water partition coefficient (Wildman–Crippen LogP) is 1.50. The van der Waals surface area contributed by atoms with Gasteiger partial charge in [0, 0.05) is 18.4 Å². The first-order valence-corrected chi connectivity index (χ1v) is 4.62. The minimum absolute atomic E-state index is 0.101. The number of halogens is 1. The summed E-state index contributed by atoms with van der Waals surface area (Å²) in [4.78, 5) is 13.1. The van der Waals surface area contributed by atoms with Crippen LogP contribution in [0.15, 0.2) is 0 Å². The number of nitrogens with zero attached hydrogens (tertiary/aromatic N) is 1. The molecule has 1 amide bonds. The molecule has 0 aliphatic carbocycles. The Morgan fingerprint density at radius 2 is 2.50 bits per heavy atom. The largest absolute Gasteiger partial charge is 0.334 e. The molecule has 3 heteroatoms. The van der Waals surface area contributed by atoms with E-state index >= 15 is 0 Å². The van der Waals surface area contributed by atoms with Crippen molar-refractivity contribution in [3.05, 3.63) is 0 Å². The highest BCUT2D eigenvalue weighted by Crippen LogP contribution is 2.42. The van der Waals surface area contributed by atoms with Crippen LogP contribution in [0.1, 0.15) is 32.6 Å². The first-order chi connectivity index (χ1) is 5.68. The van der Waals surface area contributed by atoms with E-state index in [0.717, 1.165) is 12.8 Å². The monoisotopic (exact) mass is 171 g/mol. The molecule has 0 spiro atoms. The number of carbonyl (C=O) groups is 1. The van der Waals surface area contributed by atoms with Crippen LogP contribution in [0.4, 0.5) is 4.39 Å². The molecule has 12 heavy (non-hydrogen) atoms. The Kier molecular flexibility index (Phi) is 1.63. The van der Waals surface area contributed by atoms with Crippen LogP contribution in [0.5, 0.6) is 0 Å². The molecule has 68 valence electrons. The highest BCUT2D eigenvalue weighted by molar-refractivity contribution is 5.80. The zero-order valence-corrected chi connectivity index (χ0v) is 7.35. The summed E-state index contributed by atoms with van der Waals surface area (Å²) in [6, 6.07) is 0. The van der Waals surface area contributed by atoms with Gasteiger partial charge in [0.25, 0.3) is 0 Å². The summed E-state index contributed by atoms with van der Waals surface area (Å²) in [7, 11) is 0. The summed E-state index contributed by atoms with van der Waals surface area (Å²) >= 11 is 0. The van der Waals surface area contributed by atoms with Crippen molar-refractivity contribution in [1.82, 2.24) is 4.90 Å². The first-order valence-electron chi connectivity index (χ1n) is 4.62. The maximum absolute atomic E-state index is 13.1. The lowest BCUT2D eigenvalue weighted by Gasteiger charge is -2.29. The van der Waals surface area contributed by atoms with E-state index in [2.05, 4.69) is 0 Å². The Balaban J connectivity index is 2.25. The van der Waals surface area contributed by atoms with Crippen molar-refractivity contribution < 1.29 is 9.18 Å². The van der Waals surface area contributed by atoms with Crippen molar-refractivity contribution in [2.45, 2.75) is 44.3 Å². The van der Waals surface area contributed by atoms with Gasteiger partial charge < -0.3 is 4.90 Å². The predicted molar refractivity (Wildman–Crippen MR) is 43.5 cm³/mol. The Hall–Kier alpha value is -0.600. The fraction of sp³-hybridized carbons (Fsp3) is 0.889. The summed E-state index contributed by atoms with van der Waals surface area (Å²) in [5.41, 5.74) is -0.101. The molecule has 0 radical (unpaired) electrons. The van der Waals surface area contributed by atoms with Gasteiger partial charge in [-0.25, -0.2) is 4.39 Å². The third-order valence-electron chi connectivity index (χ3n) is 3.32. The molecule has 0 aromatic carbocycles. The van der Waals surface area contributed by atoms with E-state index in [1.54, 1.807) is 4.90 Å². The Bertz CT molecular complexity index is 219. The third kappa shape index (κ3) is 0.883. The first kappa shape index (κ1) is 8.02. The summed E-state index contributed by atoms with van der Waals surface area (Å²) < 4.78 is 13.1. The minimum atomic E-state index is -0.783. The van der Waals surface area contributed by atoms with Crippen LogP contribution in [-0.4, -0.2) is 29.1 Å². The molecular weight excluding hydrogens is 157 g/mol. The zero-order chi connectivity index (χ0) is 8.77. The van der Waals surface area contributed by atoms with Crippen molar-refractivity contribution in [1.29, 1.82) is 0 Å². The molecule has 2 fully saturated rings. The fourth-order valence-electron chi connectivity index (χ4n) is 2.57. The molecule has 0 aromatic heterocycles. The molecule has 0 aromatic rings. The van der Waals surface area contributed by atoms with Gasteiger partial charge >= 0.3 is 0 Å². The van der Waals surface area contributed by atoms with Crippen LogP contribution in [0, 0.1) is 0 Å². The quantitative estimate of drug-likeness (QED) is 0.585. The highest BCUT2D eigenvalue weighted by Gasteiger charge is 2.50. The van der Waals surface area contributed by atoms with E-state index in [0.29, 0.717) is 19.4 Å². The van der Waals surface area contributed by atoms with E-state index in [4.69, 9.17) is 0 Å². The van der Waals surface area contributed by atoms with Gasteiger partial charge in [0.05, 0.1) is 6.54 Å². The van der Waals surface area contributed by atoms with Gasteiger partial charge in [0.2, 0.25) is 5.91 Å². The van der Waals surface area contributed by atoms with Crippen molar-refractivity contribution in [2.24, 2.45) is 0 Å². The van der Waals surface area contributed by atoms with E-state index in [1.165, 1.54) is 0 Å². The molecule has 2 aliphatic heterocycles. The molecule has 2 heterocycles. The maximum atomic E-state index is 13.1. The van der Waals surface area contributed by atoms with Crippen LogP contribution >= 0.6 is 0 Å². The average molecular weight is 171 g/mol. The normalized spacial score (nSPS) is 40.7. The van der Waals surface area contributed by atoms with E-state index < -0.39 is 6.17 Å². The van der Waals surface area contributed by atoms with Gasteiger partial charge in [0.1, 0.15) is 6.17 Å². The van der Waals surface area contributed by atoms with E-state index in [1.807, 2.05) is 6.92 Å². The zero-order valence-electron chi connectivity index (χ0n) is 7.35. The second kappa shape index (κ2) is 2.44. The van der Waals surface area contributed by atoms with Crippen LogP contribution in [0.25, 0.3) is 0 Å². The molecule has 2 rings (SSSR count). The number of rotatable bonds is 1. The second-order valence-electron chi connectivity index (χ2n) is 3.88. The Labute approximate surface area is 71.7 Å². The van der Waals surface area contributed by atoms with E-state index in [9.17, 15) is 9.18 Å². The number of amides is 1. The van der Waals surface area contributed by atoms with Gasteiger partial charge in [0.15, 0.2) is 0 Å². The molecule has 0 N–H and O–H groups in total. The van der Waals surface area contributed by atoms with E-state index in [-0.39, 0.29) is 11.4 Å². The third-order valence-corrected chi connectivity index (χ3v) is 3.32. The number of hydrogen-bond donors (Lipinski definition) is 0. The summed E-state index contributed by atoms with van der Waals surface area (Å²) in [6.07, 6.45) is 2.17. The lowest BCUT2D eigenvalue weighted by atomic mass is 9.91. The molecule has 2 atom stereocenters. The summed E-state index contributed by atoms with van der Waals surface area (Å²) in [5.74, 6) is 0.150. The summed E-state index contributed by atoms with van der Waals surface area (Å²) in [5, 5.41) is 0. The van der Waals surface area contributed by atoms with Gasteiger partial charge in [-0.05, 0) is 12.8 Å². The van der Waals surface area contributed by atoms with Gasteiger partial charge in [-0.3, -0.25) is 4.79 Å². The lowest BCUT2D eigenvalue weighted by Crippen LogP contribution is -2.39. The fourth-order valence-corrected chi connectivity index (χ4v) is 2.57. The van der Waals surface area contributed by atoms with Gasteiger partial charge in [-0.1, -0.05) is 6.92 Å². The number of fused-ring (bicyclic) bond motifs is 1. The van der Waals surface area contributed by atoms with Crippen LogP contribution < -0.4 is 0 Å². The Morgan fingerprint density at radius 1 is 1.75 bits per heavy atom. The van der Waals surface area contributed by atoms with Crippen LogP contribution in [-0.2, 0) is 4.79 Å². The summed E-state index contributed by atoms with van der Waals surface area (Å²) in [6.45, 7) is 2.39. The standard InChI is InChI=1S/C9H14FNO/c1-2-9-4-3-8(12)11(9)6-7(10)5-9/h7H,2-6H2,1H3. The number of alkyl halides is 1. The molecule has 0 saturated carbocycles. The molecule has 2 aliphatic rings. The maximum Gasteiger partial charge on any atom is 0.223 e. The second-order valence-corrected chi connectivity index (χ2v) is 3.88. The van der Waals surface area contributed by atoms with Gasteiger partial charge in [-0.2, -0.15) is 0 Å². The molecule has 0 bridgehead atoms. The smallest absolute Gasteiger partial charge is 0.223 e. The van der Waals surface area contributed by atoms with Crippen molar-refractivity contribution in [2.75, 3.05) is 6.54 Å². The molecule has 2 saturated heterocycles. The van der Waals surface area contributed by atoms with Crippen molar-refractivity contribution in [3.8, 4) is 0 Å². The minimum Gasteiger partial charge on any atom is -0.334 e. The number of carbonyl (C=O) groups excluding carboxylic acids is 1. The highest BCUT2D eigenvalue weighted by atomic mass is 19.1. The van der Waals surface area contributed by atoms with Crippen LogP contribution in [0.2, 0.25) is 0 Å². The van der Waals surface area contributed by atoms with Crippen molar-refractivity contribution in [3.63, 3.8) is 0 Å². The van der Waals surface area contributed by atoms with Crippen LogP contribution in [0.3, 0.4) is 0 Å². The molecular formula is C9H14FNO. The average Bonchev–Trinajstić information content (AvgIpc) is 2.51. The van der Waals surface area contributed by atoms with Gasteiger partial charge in [-0.15, -0.1) is 0 Å². The molecule has 2 nitrogen and oxygen atoms in total. The SMILES string of the molecule is CCC12CCC(=O)N1CC(F)C2. The Morgan fingerprint density at radius 3 is 3.08 bits per heavy atom. The lowest BCUT2D eigenvalue weighted by molar-refractivity contribution is -0.129.